The van der Waals surface area contributed by atoms with Crippen LogP contribution < -0.4 is 3.71 Å². The van der Waals surface area contributed by atoms with Crippen molar-refractivity contribution in [3.05, 3.63) is 12.3 Å². The molecule has 2 nitrogen and oxygen atoms in total. The molecule has 0 saturated heterocycles. The first-order valence-corrected chi connectivity index (χ1v) is 11.3. The first kappa shape index (κ1) is 18.1. The van der Waals surface area contributed by atoms with Gasteiger partial charge in [0.2, 0.25) is 0 Å². The molecule has 0 N–H and O–H groups in total. The van der Waals surface area contributed by atoms with E-state index in [0.29, 0.717) is 3.43 Å². The number of hydrogen-bond donors (Lipinski definition) is 0. The van der Waals surface area contributed by atoms with Crippen LogP contribution >= 0.6 is 0 Å². The van der Waals surface area contributed by atoms with Gasteiger partial charge >= 0.3 is 136 Å². The third kappa shape index (κ3) is 6.19. The molecule has 1 heterocycles. The Hall–Kier alpha value is 0.00870. The van der Waals surface area contributed by atoms with Crippen LogP contribution in [0, 0.1) is 0 Å². The summed E-state index contributed by atoms with van der Waals surface area (Å²) < 4.78 is 4.11. The molecule has 0 amide bonds. The topological polar surface area (TPSA) is 17.8 Å². The Morgan fingerprint density at radius 2 is 1.50 bits per heavy atom. The summed E-state index contributed by atoms with van der Waals surface area (Å²) in [5.41, 5.74) is 0. The average molecular weight is 383 g/mol. The molecule has 114 valence electrons. The van der Waals surface area contributed by atoms with Gasteiger partial charge in [-0.15, -0.1) is 0 Å². The van der Waals surface area contributed by atoms with Crippen molar-refractivity contribution in [2.75, 3.05) is 0 Å². The molecule has 0 aromatic carbocycles. The van der Waals surface area contributed by atoms with Crippen LogP contribution in [0.1, 0.15) is 78.6 Å². The summed E-state index contributed by atoms with van der Waals surface area (Å²) in [5, 5.41) is 4.71. The molecule has 3 heteroatoms. The van der Waals surface area contributed by atoms with Crippen LogP contribution in [0.5, 0.6) is 0 Å². The van der Waals surface area contributed by atoms with Gasteiger partial charge in [-0.25, -0.2) is 0 Å². The van der Waals surface area contributed by atoms with Crippen LogP contribution in [0.25, 0.3) is 0 Å². The summed E-state index contributed by atoms with van der Waals surface area (Å²) in [6, 6.07) is 2.28. The van der Waals surface area contributed by atoms with Gasteiger partial charge in [-0.1, -0.05) is 0 Å². The van der Waals surface area contributed by atoms with Crippen molar-refractivity contribution in [3.63, 3.8) is 0 Å². The van der Waals surface area contributed by atoms with Gasteiger partial charge in [-0.05, 0) is 0 Å². The van der Waals surface area contributed by atoms with Crippen LogP contribution in [0.15, 0.2) is 12.3 Å². The van der Waals surface area contributed by atoms with Crippen molar-refractivity contribution < 1.29 is 0 Å². The maximum atomic E-state index is 4.71. The molecule has 0 spiro atoms. The molecule has 0 aliphatic rings. The summed E-state index contributed by atoms with van der Waals surface area (Å²) in [4.78, 5) is 0. The Balaban J connectivity index is 2.80. The predicted octanol–water partition coefficient (Wildman–Crippen LogP) is 4.48. The van der Waals surface area contributed by atoms with E-state index < -0.39 is 21.1 Å². The summed E-state index contributed by atoms with van der Waals surface area (Å²) in [6.07, 6.45) is 14.7. The second kappa shape index (κ2) is 9.86. The standard InChI is InChI=1S/C13H27.C4H5N2.Sn/c1-4-7-10-13(11-8-5-2)12-9-6-3;1-6-4-2-3-5-6;/h4-12H2,1-3H3;2,4H,1H3;. The maximum absolute atomic E-state index is 4.71. The van der Waals surface area contributed by atoms with Crippen LogP contribution in [-0.4, -0.2) is 30.9 Å². The molecule has 0 atom stereocenters. The fourth-order valence-corrected chi connectivity index (χ4v) is 8.04. The third-order valence-electron chi connectivity index (χ3n) is 4.13. The number of nitrogens with zero attached hydrogens (tertiary/aromatic N) is 2. The van der Waals surface area contributed by atoms with Crippen molar-refractivity contribution in [1.29, 1.82) is 0 Å². The van der Waals surface area contributed by atoms with E-state index in [1.165, 1.54) is 61.5 Å². The zero-order chi connectivity index (χ0) is 14.8. The van der Waals surface area contributed by atoms with E-state index in [-0.39, 0.29) is 0 Å². The van der Waals surface area contributed by atoms with Gasteiger partial charge in [0.15, 0.2) is 0 Å². The molecule has 0 aliphatic heterocycles. The summed E-state index contributed by atoms with van der Waals surface area (Å²) in [7, 11) is 2.05. The van der Waals surface area contributed by atoms with Gasteiger partial charge in [0.25, 0.3) is 0 Å². The Labute approximate surface area is 135 Å². The fourth-order valence-electron chi connectivity index (χ4n) is 2.86. The number of rotatable bonds is 11. The van der Waals surface area contributed by atoms with Crippen LogP contribution in [0.2, 0.25) is 3.43 Å². The number of hydrogen-bond acceptors (Lipinski definition) is 1. The Bertz CT molecular complexity index is 338. The molecule has 0 bridgehead atoms. The number of unbranched alkanes of at least 4 members (excludes halogenated alkanes) is 3. The molecule has 1 aromatic heterocycles. The van der Waals surface area contributed by atoms with Gasteiger partial charge in [-0.2, -0.15) is 0 Å². The van der Waals surface area contributed by atoms with Crippen molar-refractivity contribution in [2.45, 2.75) is 82.0 Å². The van der Waals surface area contributed by atoms with Gasteiger partial charge in [-0.3, -0.25) is 0 Å². The predicted molar refractivity (Wildman–Crippen MR) is 89.9 cm³/mol. The summed E-state index contributed by atoms with van der Waals surface area (Å²) in [6.45, 7) is 6.99. The van der Waals surface area contributed by atoms with E-state index >= 15 is 0 Å². The fraction of sp³-hybridized carbons (Fsp3) is 0.824. The molecule has 20 heavy (non-hydrogen) atoms. The molecular weight excluding hydrogens is 351 g/mol. The van der Waals surface area contributed by atoms with Crippen LogP contribution in [0.4, 0.5) is 0 Å². The summed E-state index contributed by atoms with van der Waals surface area (Å²) >= 11 is -0.601. The van der Waals surface area contributed by atoms with E-state index in [1.807, 2.05) is 4.68 Å². The summed E-state index contributed by atoms with van der Waals surface area (Å²) in [5.74, 6) is 0. The van der Waals surface area contributed by atoms with E-state index in [0.717, 1.165) is 0 Å². The van der Waals surface area contributed by atoms with E-state index in [9.17, 15) is 0 Å². The van der Waals surface area contributed by atoms with Gasteiger partial charge < -0.3 is 0 Å². The van der Waals surface area contributed by atoms with Crippen LogP contribution in [-0.2, 0) is 7.05 Å². The zero-order valence-electron chi connectivity index (χ0n) is 13.9. The Morgan fingerprint density at radius 3 is 1.85 bits per heavy atom. The molecule has 0 unspecified atom stereocenters. The molecule has 1 rings (SSSR count). The zero-order valence-corrected chi connectivity index (χ0v) is 16.8. The van der Waals surface area contributed by atoms with E-state index in [4.69, 9.17) is 5.10 Å². The molecule has 2 radical (unpaired) electrons. The minimum atomic E-state index is -0.601. The van der Waals surface area contributed by atoms with Crippen molar-refractivity contribution in [2.24, 2.45) is 7.05 Å². The van der Waals surface area contributed by atoms with E-state index in [2.05, 4.69) is 40.1 Å². The molecular formula is C17H32N2Sn. The Morgan fingerprint density at radius 1 is 1.00 bits per heavy atom. The monoisotopic (exact) mass is 384 g/mol. The number of aromatic nitrogens is 2. The first-order valence-electron chi connectivity index (χ1n) is 8.43. The second-order valence-electron chi connectivity index (χ2n) is 6.09. The first-order chi connectivity index (χ1) is 9.65. The Kier molecular flexibility index (Phi) is 8.90. The van der Waals surface area contributed by atoms with Gasteiger partial charge in [0.1, 0.15) is 0 Å². The second-order valence-corrected chi connectivity index (χ2v) is 11.3. The van der Waals surface area contributed by atoms with Crippen LogP contribution in [0.3, 0.4) is 0 Å². The quantitative estimate of drug-likeness (QED) is 0.516. The molecule has 0 aliphatic carbocycles. The SMILES string of the molecule is CCCC[C](CCCC)(CCCC)[Sn][c]1ccn(C)n1. The molecule has 0 saturated carbocycles. The van der Waals surface area contributed by atoms with Gasteiger partial charge in [0, 0.05) is 0 Å². The van der Waals surface area contributed by atoms with Crippen molar-refractivity contribution in [3.8, 4) is 0 Å². The minimum absolute atomic E-state index is 0.601. The third-order valence-corrected chi connectivity index (χ3v) is 9.28. The van der Waals surface area contributed by atoms with E-state index in [1.54, 1.807) is 0 Å². The average Bonchev–Trinajstić information content (AvgIpc) is 2.85. The van der Waals surface area contributed by atoms with Gasteiger partial charge in [0.05, 0.1) is 0 Å². The molecule has 0 fully saturated rings. The van der Waals surface area contributed by atoms with Crippen molar-refractivity contribution in [1.82, 2.24) is 9.78 Å². The molecule has 1 aromatic rings. The normalized spacial score (nSPS) is 12.0. The van der Waals surface area contributed by atoms with Crippen molar-refractivity contribution >= 4 is 24.9 Å². The number of aryl methyl sites for hydroxylation is 1.